The maximum absolute atomic E-state index is 13.2. The van der Waals surface area contributed by atoms with Gasteiger partial charge in [0.1, 0.15) is 5.52 Å². The van der Waals surface area contributed by atoms with Gasteiger partial charge in [0, 0.05) is 7.05 Å². The predicted molar refractivity (Wildman–Crippen MR) is 50.0 cm³/mol. The lowest BCUT2D eigenvalue weighted by Crippen LogP contribution is -2.38. The number of hydrogen-bond acceptors (Lipinski definition) is 2. The number of hydrogen-bond donors (Lipinski definition) is 0. The molecule has 72 valence electrons. The lowest BCUT2D eigenvalue weighted by atomic mass is 10.3. The van der Waals surface area contributed by atoms with Crippen molar-refractivity contribution < 1.29 is 4.48 Å². The summed E-state index contributed by atoms with van der Waals surface area (Å²) in [6, 6.07) is 6.29. The molecule has 5 heteroatoms. The van der Waals surface area contributed by atoms with Gasteiger partial charge in [0.25, 0.3) is 0 Å². The van der Waals surface area contributed by atoms with E-state index in [1.807, 2.05) is 0 Å². The number of fused-ring (bicyclic) bond motifs is 1. The summed E-state index contributed by atoms with van der Waals surface area (Å²) in [4.78, 5) is 22.1. The summed E-state index contributed by atoms with van der Waals surface area (Å²) in [7, 11) is 1.44. The molecule has 0 aliphatic heterocycles. The minimum atomic E-state index is -1.16. The van der Waals surface area contributed by atoms with Crippen molar-refractivity contribution in [1.29, 1.82) is 0 Å². The number of para-hydroxylation sites is 2. The minimum Gasteiger partial charge on any atom is -0.305 e. The second-order valence-corrected chi connectivity index (χ2v) is 2.94. The normalized spacial score (nSPS) is 10.7. The fourth-order valence-corrected chi connectivity index (χ4v) is 1.36. The molecule has 4 nitrogen and oxygen atoms in total. The van der Waals surface area contributed by atoms with Gasteiger partial charge in [-0.15, -0.1) is 4.79 Å². The van der Waals surface area contributed by atoms with Gasteiger partial charge in [0.15, 0.2) is 0 Å². The molecule has 0 radical (unpaired) electrons. The van der Waals surface area contributed by atoms with Crippen molar-refractivity contribution in [2.24, 2.45) is 7.05 Å². The first-order chi connectivity index (χ1) is 6.63. The Hall–Kier alpha value is -1.91. The van der Waals surface area contributed by atoms with E-state index >= 15 is 0 Å². The molecule has 0 unspecified atom stereocenters. The van der Waals surface area contributed by atoms with Crippen molar-refractivity contribution in [2.45, 2.75) is 0 Å². The molecule has 2 aromatic rings. The summed E-state index contributed by atoms with van der Waals surface area (Å²) in [5.74, 6) is 0. The first-order valence-corrected chi connectivity index (χ1v) is 4.00. The third-order valence-corrected chi connectivity index (χ3v) is 2.12. The number of aromatic nitrogens is 2. The highest BCUT2D eigenvalue weighted by Crippen LogP contribution is 2.08. The molecule has 2 rings (SSSR count). The van der Waals surface area contributed by atoms with E-state index in [0.29, 0.717) is 5.52 Å². The molecular formula is C9H7FN2O2. The molecule has 0 aliphatic carbocycles. The SMILES string of the molecule is Cn1c(=O)c(=O)n(F)c2ccccc21. The number of aryl methyl sites for hydroxylation is 1. The minimum absolute atomic E-state index is 0.0969. The van der Waals surface area contributed by atoms with Gasteiger partial charge < -0.3 is 4.57 Å². The van der Waals surface area contributed by atoms with Crippen LogP contribution in [0.1, 0.15) is 0 Å². The van der Waals surface area contributed by atoms with Crippen molar-refractivity contribution in [3.63, 3.8) is 0 Å². The van der Waals surface area contributed by atoms with Gasteiger partial charge in [-0.2, -0.15) is 0 Å². The van der Waals surface area contributed by atoms with Gasteiger partial charge in [-0.1, -0.05) is 16.6 Å². The number of halogens is 1. The average molecular weight is 194 g/mol. The molecule has 0 N–H and O–H groups in total. The zero-order valence-corrected chi connectivity index (χ0v) is 7.40. The molecule has 1 heterocycles. The topological polar surface area (TPSA) is 44.0 Å². The largest absolute Gasteiger partial charge is 0.344 e. The van der Waals surface area contributed by atoms with Gasteiger partial charge in [0.05, 0.1) is 5.52 Å². The second-order valence-electron chi connectivity index (χ2n) is 2.94. The molecule has 14 heavy (non-hydrogen) atoms. The summed E-state index contributed by atoms with van der Waals surface area (Å²) < 4.78 is 14.4. The predicted octanol–water partition coefficient (Wildman–Crippen LogP) is 0.433. The van der Waals surface area contributed by atoms with Gasteiger partial charge in [-0.3, -0.25) is 9.59 Å². The molecule has 1 aromatic heterocycles. The van der Waals surface area contributed by atoms with Gasteiger partial charge in [-0.05, 0) is 12.1 Å². The average Bonchev–Trinajstić information content (AvgIpc) is 2.23. The van der Waals surface area contributed by atoms with Crippen LogP contribution < -0.4 is 11.1 Å². The van der Waals surface area contributed by atoms with Crippen LogP contribution in [0.5, 0.6) is 0 Å². The van der Waals surface area contributed by atoms with E-state index in [1.165, 1.54) is 13.1 Å². The van der Waals surface area contributed by atoms with Crippen LogP contribution in [0.15, 0.2) is 33.9 Å². The van der Waals surface area contributed by atoms with Gasteiger partial charge >= 0.3 is 11.1 Å². The van der Waals surface area contributed by atoms with Crippen LogP contribution in [0, 0.1) is 0 Å². The summed E-state index contributed by atoms with van der Waals surface area (Å²) in [5.41, 5.74) is -1.54. The summed E-state index contributed by atoms with van der Waals surface area (Å²) in [5, 5.41) is 0. The van der Waals surface area contributed by atoms with E-state index in [-0.39, 0.29) is 10.3 Å². The lowest BCUT2D eigenvalue weighted by Gasteiger charge is -2.04. The first-order valence-electron chi connectivity index (χ1n) is 4.00. The van der Waals surface area contributed by atoms with Crippen molar-refractivity contribution in [3.8, 4) is 0 Å². The molecule has 0 fully saturated rings. The summed E-state index contributed by atoms with van der Waals surface area (Å²) in [6.45, 7) is 0. The smallest absolute Gasteiger partial charge is 0.305 e. The molecule has 0 saturated carbocycles. The molecule has 0 amide bonds. The first kappa shape index (κ1) is 8.68. The number of rotatable bonds is 0. The van der Waals surface area contributed by atoms with E-state index in [0.717, 1.165) is 4.57 Å². The highest BCUT2D eigenvalue weighted by Gasteiger charge is 2.08. The molecule has 0 atom stereocenters. The zero-order chi connectivity index (χ0) is 10.3. The van der Waals surface area contributed by atoms with Crippen molar-refractivity contribution >= 4 is 11.0 Å². The van der Waals surface area contributed by atoms with Crippen LogP contribution >= 0.6 is 0 Å². The van der Waals surface area contributed by atoms with E-state index in [4.69, 9.17) is 0 Å². The van der Waals surface area contributed by atoms with E-state index in [9.17, 15) is 14.1 Å². The highest BCUT2D eigenvalue weighted by atomic mass is 19.2. The Kier molecular flexibility index (Phi) is 1.73. The van der Waals surface area contributed by atoms with E-state index in [2.05, 4.69) is 0 Å². The summed E-state index contributed by atoms with van der Waals surface area (Å²) >= 11 is 0. The molecular weight excluding hydrogens is 187 g/mol. The Morgan fingerprint density at radius 1 is 1.07 bits per heavy atom. The van der Waals surface area contributed by atoms with Crippen LogP contribution in [0.2, 0.25) is 0 Å². The van der Waals surface area contributed by atoms with Crippen LogP contribution in [-0.2, 0) is 7.05 Å². The highest BCUT2D eigenvalue weighted by molar-refractivity contribution is 5.74. The fourth-order valence-electron chi connectivity index (χ4n) is 1.36. The Balaban J connectivity index is 3.19. The zero-order valence-electron chi connectivity index (χ0n) is 7.40. The van der Waals surface area contributed by atoms with Crippen molar-refractivity contribution in [2.75, 3.05) is 0 Å². The van der Waals surface area contributed by atoms with Crippen molar-refractivity contribution in [1.82, 2.24) is 9.36 Å². The Morgan fingerprint density at radius 2 is 1.64 bits per heavy atom. The molecule has 0 bridgehead atoms. The number of nitrogens with zero attached hydrogens (tertiary/aromatic N) is 2. The standard InChI is InChI=1S/C9H7FN2O2/c1-11-6-4-2-3-5-7(6)12(10)9(14)8(11)13/h2-5H,1H3. The lowest BCUT2D eigenvalue weighted by molar-refractivity contribution is 0.365. The van der Waals surface area contributed by atoms with Crippen LogP contribution in [0.3, 0.4) is 0 Å². The molecule has 0 aliphatic rings. The fraction of sp³-hybridized carbons (Fsp3) is 0.111. The van der Waals surface area contributed by atoms with Crippen LogP contribution in [0.4, 0.5) is 4.48 Å². The van der Waals surface area contributed by atoms with Crippen LogP contribution in [0.25, 0.3) is 11.0 Å². The molecule has 0 spiro atoms. The third kappa shape index (κ3) is 0.985. The Bertz CT molecular complexity index is 558. The maximum Gasteiger partial charge on any atom is 0.344 e. The third-order valence-electron chi connectivity index (χ3n) is 2.12. The van der Waals surface area contributed by atoms with Crippen LogP contribution in [-0.4, -0.2) is 9.36 Å². The van der Waals surface area contributed by atoms with Gasteiger partial charge in [0.2, 0.25) is 0 Å². The van der Waals surface area contributed by atoms with E-state index in [1.54, 1.807) is 18.2 Å². The second kappa shape index (κ2) is 2.80. The van der Waals surface area contributed by atoms with E-state index < -0.39 is 11.1 Å². The summed E-state index contributed by atoms with van der Waals surface area (Å²) in [6.07, 6.45) is 0. The maximum atomic E-state index is 13.2. The monoisotopic (exact) mass is 194 g/mol. The quantitative estimate of drug-likeness (QED) is 0.571. The van der Waals surface area contributed by atoms with Crippen molar-refractivity contribution in [3.05, 3.63) is 45.0 Å². The molecule has 0 saturated heterocycles. The Morgan fingerprint density at radius 3 is 2.29 bits per heavy atom. The molecule has 1 aromatic carbocycles. The number of benzene rings is 1. The van der Waals surface area contributed by atoms with Gasteiger partial charge in [-0.25, -0.2) is 0 Å². The Labute approximate surface area is 77.8 Å².